The van der Waals surface area contributed by atoms with E-state index in [0.717, 1.165) is 25.3 Å². The van der Waals surface area contributed by atoms with Crippen LogP contribution in [0.2, 0.25) is 0 Å². The summed E-state index contributed by atoms with van der Waals surface area (Å²) in [4.78, 5) is 11.8. The molecule has 1 aliphatic carbocycles. The van der Waals surface area contributed by atoms with Crippen molar-refractivity contribution >= 4 is 6.09 Å². The molecule has 0 atom stereocenters. The van der Waals surface area contributed by atoms with Crippen LogP contribution in [0, 0.1) is 5.92 Å². The molecule has 0 aromatic carbocycles. The second-order valence-electron chi connectivity index (χ2n) is 7.02. The van der Waals surface area contributed by atoms with Gasteiger partial charge in [-0.25, -0.2) is 4.79 Å². The quantitative estimate of drug-likeness (QED) is 0.752. The van der Waals surface area contributed by atoms with E-state index in [1.54, 1.807) is 0 Å². The number of rotatable bonds is 7. The average Bonchev–Trinajstić information content (AvgIpc) is 2.29. The first-order chi connectivity index (χ1) is 9.30. The van der Waals surface area contributed by atoms with Crippen LogP contribution in [0.1, 0.15) is 66.7 Å². The maximum Gasteiger partial charge on any atom is 0.407 e. The number of carbonyl (C=O) groups is 1. The molecular formula is C16H32N2O2. The van der Waals surface area contributed by atoms with Crippen molar-refractivity contribution < 1.29 is 9.53 Å². The lowest BCUT2D eigenvalue weighted by Gasteiger charge is -2.37. The fourth-order valence-corrected chi connectivity index (χ4v) is 2.43. The van der Waals surface area contributed by atoms with Gasteiger partial charge in [-0.3, -0.25) is 0 Å². The van der Waals surface area contributed by atoms with Crippen molar-refractivity contribution in [3.63, 3.8) is 0 Å². The number of alkyl carbamates (subject to hydrolysis) is 1. The fourth-order valence-electron chi connectivity index (χ4n) is 2.43. The van der Waals surface area contributed by atoms with E-state index in [1.807, 2.05) is 20.8 Å². The molecule has 0 bridgehead atoms. The molecule has 1 saturated carbocycles. The van der Waals surface area contributed by atoms with E-state index in [9.17, 15) is 4.79 Å². The minimum Gasteiger partial charge on any atom is -0.444 e. The molecule has 4 nitrogen and oxygen atoms in total. The zero-order chi connectivity index (χ0) is 15.2. The number of hydrogen-bond acceptors (Lipinski definition) is 3. The van der Waals surface area contributed by atoms with E-state index in [2.05, 4.69) is 24.5 Å². The third-order valence-electron chi connectivity index (χ3n) is 4.31. The minimum absolute atomic E-state index is 0.00745. The maximum absolute atomic E-state index is 11.8. The van der Waals surface area contributed by atoms with Crippen molar-refractivity contribution in [1.29, 1.82) is 0 Å². The highest BCUT2D eigenvalue weighted by Gasteiger charge is 2.29. The van der Waals surface area contributed by atoms with Crippen LogP contribution in [0.25, 0.3) is 0 Å². The predicted molar refractivity (Wildman–Crippen MR) is 82.9 cm³/mol. The summed E-state index contributed by atoms with van der Waals surface area (Å²) in [6, 6.07) is 0. The Balaban J connectivity index is 2.41. The summed E-state index contributed by atoms with van der Waals surface area (Å²) < 4.78 is 5.30. The van der Waals surface area contributed by atoms with Gasteiger partial charge in [-0.15, -0.1) is 0 Å². The van der Waals surface area contributed by atoms with Crippen molar-refractivity contribution in [2.24, 2.45) is 5.92 Å². The Morgan fingerprint density at radius 1 is 1.20 bits per heavy atom. The van der Waals surface area contributed by atoms with Crippen molar-refractivity contribution in [3.05, 3.63) is 0 Å². The normalized spacial score (nSPS) is 16.6. The van der Waals surface area contributed by atoms with Crippen molar-refractivity contribution in [2.75, 3.05) is 13.1 Å². The van der Waals surface area contributed by atoms with Crippen LogP contribution in [-0.2, 0) is 4.74 Å². The van der Waals surface area contributed by atoms with Gasteiger partial charge in [-0.1, -0.05) is 20.3 Å². The SMILES string of the molecule is CCC(CC)(CNC(=O)OC(C)(C)C)NCC1CCC1. The first-order valence-corrected chi connectivity index (χ1v) is 8.02. The molecule has 0 unspecified atom stereocenters. The molecule has 1 fully saturated rings. The molecule has 2 N–H and O–H groups in total. The van der Waals surface area contributed by atoms with Crippen LogP contribution >= 0.6 is 0 Å². The van der Waals surface area contributed by atoms with Crippen LogP contribution in [0.15, 0.2) is 0 Å². The van der Waals surface area contributed by atoms with E-state index in [-0.39, 0.29) is 11.6 Å². The average molecular weight is 284 g/mol. The zero-order valence-electron chi connectivity index (χ0n) is 13.8. The van der Waals surface area contributed by atoms with E-state index < -0.39 is 5.60 Å². The van der Waals surface area contributed by atoms with Gasteiger partial charge in [-0.05, 0) is 58.9 Å². The molecule has 0 saturated heterocycles. The smallest absolute Gasteiger partial charge is 0.407 e. The van der Waals surface area contributed by atoms with Gasteiger partial charge >= 0.3 is 6.09 Å². The topological polar surface area (TPSA) is 50.4 Å². The van der Waals surface area contributed by atoms with Gasteiger partial charge in [-0.2, -0.15) is 0 Å². The molecular weight excluding hydrogens is 252 g/mol. The third-order valence-corrected chi connectivity index (χ3v) is 4.31. The molecule has 1 aliphatic rings. The second-order valence-corrected chi connectivity index (χ2v) is 7.02. The van der Waals surface area contributed by atoms with Gasteiger partial charge in [0.05, 0.1) is 0 Å². The Labute approximate surface area is 124 Å². The van der Waals surface area contributed by atoms with E-state index in [1.165, 1.54) is 19.3 Å². The minimum atomic E-state index is -0.440. The van der Waals surface area contributed by atoms with Crippen molar-refractivity contribution in [2.45, 2.75) is 77.9 Å². The van der Waals surface area contributed by atoms with Crippen LogP contribution in [-0.4, -0.2) is 30.3 Å². The van der Waals surface area contributed by atoms with Gasteiger partial charge in [0.25, 0.3) is 0 Å². The zero-order valence-corrected chi connectivity index (χ0v) is 13.8. The molecule has 1 amide bonds. The molecule has 0 aromatic heterocycles. The highest BCUT2D eigenvalue weighted by molar-refractivity contribution is 5.67. The molecule has 0 spiro atoms. The summed E-state index contributed by atoms with van der Waals surface area (Å²) >= 11 is 0. The molecule has 4 heteroatoms. The lowest BCUT2D eigenvalue weighted by molar-refractivity contribution is 0.0505. The molecule has 0 aromatic rings. The number of hydrogen-bond donors (Lipinski definition) is 2. The molecule has 118 valence electrons. The Morgan fingerprint density at radius 3 is 2.20 bits per heavy atom. The van der Waals surface area contributed by atoms with Crippen LogP contribution < -0.4 is 10.6 Å². The van der Waals surface area contributed by atoms with Gasteiger partial charge in [0.1, 0.15) is 5.60 Å². The monoisotopic (exact) mass is 284 g/mol. The van der Waals surface area contributed by atoms with Gasteiger partial charge in [0.15, 0.2) is 0 Å². The van der Waals surface area contributed by atoms with E-state index in [4.69, 9.17) is 4.74 Å². The molecule has 0 radical (unpaired) electrons. The first-order valence-electron chi connectivity index (χ1n) is 8.02. The Bertz CT molecular complexity index is 302. The van der Waals surface area contributed by atoms with Crippen molar-refractivity contribution in [3.8, 4) is 0 Å². The Hall–Kier alpha value is -0.770. The Morgan fingerprint density at radius 2 is 1.80 bits per heavy atom. The van der Waals surface area contributed by atoms with E-state index >= 15 is 0 Å². The van der Waals surface area contributed by atoms with Gasteiger partial charge < -0.3 is 15.4 Å². The summed E-state index contributed by atoms with van der Waals surface area (Å²) in [5.41, 5.74) is -0.447. The highest BCUT2D eigenvalue weighted by atomic mass is 16.6. The standard InChI is InChI=1S/C16H32N2O2/c1-6-16(7-2,18-11-13-9-8-10-13)12-17-14(19)20-15(3,4)5/h13,18H,6-12H2,1-5H3,(H,17,19). The highest BCUT2D eigenvalue weighted by Crippen LogP contribution is 2.26. The molecule has 0 heterocycles. The summed E-state index contributed by atoms with van der Waals surface area (Å²) in [6.07, 6.45) is 5.74. The lowest BCUT2D eigenvalue weighted by atomic mass is 9.84. The number of nitrogens with one attached hydrogen (secondary N) is 2. The maximum atomic E-state index is 11.8. The number of ether oxygens (including phenoxy) is 1. The summed E-state index contributed by atoms with van der Waals surface area (Å²) in [7, 11) is 0. The Kier molecular flexibility index (Phi) is 6.31. The summed E-state index contributed by atoms with van der Waals surface area (Å²) in [6.45, 7) is 11.7. The van der Waals surface area contributed by atoms with Gasteiger partial charge in [0.2, 0.25) is 0 Å². The lowest BCUT2D eigenvalue weighted by Crippen LogP contribution is -2.54. The van der Waals surface area contributed by atoms with E-state index in [0.29, 0.717) is 6.54 Å². The molecule has 0 aliphatic heterocycles. The molecule has 20 heavy (non-hydrogen) atoms. The summed E-state index contributed by atoms with van der Waals surface area (Å²) in [5.74, 6) is 0.828. The summed E-state index contributed by atoms with van der Waals surface area (Å²) in [5, 5.41) is 6.60. The first kappa shape index (κ1) is 17.3. The third kappa shape index (κ3) is 5.70. The largest absolute Gasteiger partial charge is 0.444 e. The fraction of sp³-hybridized carbons (Fsp3) is 0.938. The second kappa shape index (κ2) is 7.30. The molecule has 1 rings (SSSR count). The van der Waals surface area contributed by atoms with Crippen LogP contribution in [0.5, 0.6) is 0 Å². The van der Waals surface area contributed by atoms with Crippen LogP contribution in [0.4, 0.5) is 4.79 Å². The number of carbonyl (C=O) groups excluding carboxylic acids is 1. The number of amides is 1. The van der Waals surface area contributed by atoms with Crippen LogP contribution in [0.3, 0.4) is 0 Å². The predicted octanol–water partition coefficient (Wildman–Crippen LogP) is 3.46. The van der Waals surface area contributed by atoms with Crippen molar-refractivity contribution in [1.82, 2.24) is 10.6 Å². The van der Waals surface area contributed by atoms with Gasteiger partial charge in [0, 0.05) is 12.1 Å².